The second-order valence-electron chi connectivity index (χ2n) is 9.45. The highest BCUT2D eigenvalue weighted by Gasteiger charge is 2.41. The lowest BCUT2D eigenvalue weighted by molar-refractivity contribution is 0.487. The van der Waals surface area contributed by atoms with Gasteiger partial charge in [-0.05, 0) is 63.8 Å². The van der Waals surface area contributed by atoms with Crippen molar-refractivity contribution in [2.45, 2.75) is 26.2 Å². The summed E-state index contributed by atoms with van der Waals surface area (Å²) in [7, 11) is 0. The SMILES string of the molecule is CC(C)(C)c1ccc(N2c3ccccc3B3c4ccccc4Oc4cccc2c43)cc1. The maximum absolute atomic E-state index is 6.36. The van der Waals surface area contributed by atoms with E-state index in [-0.39, 0.29) is 12.1 Å². The van der Waals surface area contributed by atoms with E-state index in [2.05, 4.69) is 111 Å². The summed E-state index contributed by atoms with van der Waals surface area (Å²) in [6.07, 6.45) is 0. The third-order valence-electron chi connectivity index (χ3n) is 6.50. The molecule has 0 saturated carbocycles. The van der Waals surface area contributed by atoms with Gasteiger partial charge in [0.25, 0.3) is 6.71 Å². The zero-order valence-electron chi connectivity index (χ0n) is 18.1. The van der Waals surface area contributed by atoms with Crippen LogP contribution in [-0.4, -0.2) is 6.71 Å². The Morgan fingerprint density at radius 3 is 2.06 bits per heavy atom. The Hall–Kier alpha value is -3.46. The van der Waals surface area contributed by atoms with E-state index in [0.717, 1.165) is 11.5 Å². The highest BCUT2D eigenvalue weighted by atomic mass is 16.5. The van der Waals surface area contributed by atoms with Crippen LogP contribution in [0.1, 0.15) is 26.3 Å². The maximum atomic E-state index is 6.36. The first-order valence-electron chi connectivity index (χ1n) is 10.9. The quantitative estimate of drug-likeness (QED) is 0.343. The molecule has 0 N–H and O–H groups in total. The molecule has 3 heteroatoms. The Morgan fingerprint density at radius 1 is 0.645 bits per heavy atom. The van der Waals surface area contributed by atoms with Gasteiger partial charge in [0.2, 0.25) is 0 Å². The van der Waals surface area contributed by atoms with Gasteiger partial charge in [-0.25, -0.2) is 0 Å². The molecule has 4 aromatic carbocycles. The van der Waals surface area contributed by atoms with Crippen molar-refractivity contribution in [3.05, 3.63) is 96.6 Å². The summed E-state index contributed by atoms with van der Waals surface area (Å²) >= 11 is 0. The summed E-state index contributed by atoms with van der Waals surface area (Å²) in [6.45, 7) is 6.94. The van der Waals surface area contributed by atoms with Crippen LogP contribution in [0.25, 0.3) is 0 Å². The first-order valence-corrected chi connectivity index (χ1v) is 10.9. The van der Waals surface area contributed by atoms with Crippen LogP contribution < -0.4 is 26.0 Å². The molecule has 2 aliphatic heterocycles. The van der Waals surface area contributed by atoms with E-state index < -0.39 is 0 Å². The van der Waals surface area contributed by atoms with E-state index in [9.17, 15) is 0 Å². The van der Waals surface area contributed by atoms with Crippen molar-refractivity contribution in [2.24, 2.45) is 0 Å². The molecular weight excluding hydrogens is 377 g/mol. The van der Waals surface area contributed by atoms with Gasteiger partial charge in [-0.3, -0.25) is 0 Å². The molecule has 0 amide bonds. The van der Waals surface area contributed by atoms with Crippen molar-refractivity contribution < 1.29 is 4.74 Å². The fourth-order valence-electron chi connectivity index (χ4n) is 4.97. The monoisotopic (exact) mass is 401 g/mol. The van der Waals surface area contributed by atoms with Gasteiger partial charge in [-0.1, -0.05) is 75.4 Å². The van der Waals surface area contributed by atoms with Crippen LogP contribution in [0.2, 0.25) is 0 Å². The van der Waals surface area contributed by atoms with Crippen molar-refractivity contribution in [3.63, 3.8) is 0 Å². The molecule has 0 aliphatic carbocycles. The van der Waals surface area contributed by atoms with Gasteiger partial charge in [0.1, 0.15) is 11.5 Å². The minimum atomic E-state index is 0.132. The fourth-order valence-corrected chi connectivity index (χ4v) is 4.97. The maximum Gasteiger partial charge on any atom is 0.256 e. The molecule has 2 aliphatic rings. The van der Waals surface area contributed by atoms with Gasteiger partial charge in [0.15, 0.2) is 0 Å². The topological polar surface area (TPSA) is 12.5 Å². The third-order valence-corrected chi connectivity index (χ3v) is 6.50. The Morgan fingerprint density at radius 2 is 1.29 bits per heavy atom. The second kappa shape index (κ2) is 6.52. The van der Waals surface area contributed by atoms with Crippen LogP contribution in [0, 0.1) is 0 Å². The Balaban J connectivity index is 1.60. The summed E-state index contributed by atoms with van der Waals surface area (Å²) in [5.74, 6) is 1.90. The minimum Gasteiger partial charge on any atom is -0.458 e. The van der Waals surface area contributed by atoms with E-state index in [0.29, 0.717) is 0 Å². The summed E-state index contributed by atoms with van der Waals surface area (Å²) in [5, 5.41) is 0. The van der Waals surface area contributed by atoms with E-state index in [4.69, 9.17) is 4.74 Å². The normalized spacial score (nSPS) is 13.8. The summed E-state index contributed by atoms with van der Waals surface area (Å²) in [4.78, 5) is 2.38. The number of nitrogens with zero attached hydrogens (tertiary/aromatic N) is 1. The summed E-state index contributed by atoms with van der Waals surface area (Å²) in [6, 6.07) is 32.6. The van der Waals surface area contributed by atoms with Crippen molar-refractivity contribution >= 4 is 40.2 Å². The molecule has 0 radical (unpaired) electrons. The molecule has 0 spiro atoms. The van der Waals surface area contributed by atoms with Crippen LogP contribution >= 0.6 is 0 Å². The van der Waals surface area contributed by atoms with Crippen LogP contribution in [0.4, 0.5) is 17.1 Å². The lowest BCUT2D eigenvalue weighted by Crippen LogP contribution is -2.59. The molecule has 0 fully saturated rings. The first kappa shape index (κ1) is 18.3. The average Bonchev–Trinajstić information content (AvgIpc) is 2.78. The zero-order chi connectivity index (χ0) is 21.2. The predicted molar refractivity (Wildman–Crippen MR) is 131 cm³/mol. The summed E-state index contributed by atoms with van der Waals surface area (Å²) < 4.78 is 6.36. The van der Waals surface area contributed by atoms with Crippen molar-refractivity contribution in [2.75, 3.05) is 4.90 Å². The standard InChI is InChI=1S/C28H24BNO/c1-28(2,3)19-15-17-20(18-16-19)30-23-11-6-4-9-21(23)29-22-10-5-7-13-25(22)31-26-14-8-12-24(30)27(26)29/h4-18H,1-3H3. The lowest BCUT2D eigenvalue weighted by Gasteiger charge is -2.40. The van der Waals surface area contributed by atoms with Crippen LogP contribution in [0.3, 0.4) is 0 Å². The number of benzene rings is 4. The van der Waals surface area contributed by atoms with Gasteiger partial charge < -0.3 is 9.64 Å². The Kier molecular flexibility index (Phi) is 3.85. The van der Waals surface area contributed by atoms with Crippen LogP contribution in [-0.2, 0) is 5.41 Å². The summed E-state index contributed by atoms with van der Waals surface area (Å²) in [5.41, 5.74) is 8.87. The zero-order valence-corrected chi connectivity index (χ0v) is 18.1. The molecule has 6 rings (SSSR count). The molecule has 150 valence electrons. The van der Waals surface area contributed by atoms with E-state index in [1.165, 1.54) is 39.0 Å². The first-order chi connectivity index (χ1) is 15.0. The molecular formula is C28H24BNO. The number of hydrogen-bond acceptors (Lipinski definition) is 2. The Labute approximate surface area is 184 Å². The number of para-hydroxylation sites is 2. The van der Waals surface area contributed by atoms with Gasteiger partial charge in [0.05, 0.1) is 0 Å². The van der Waals surface area contributed by atoms with Crippen molar-refractivity contribution in [1.29, 1.82) is 0 Å². The third kappa shape index (κ3) is 2.73. The number of ether oxygens (including phenoxy) is 1. The molecule has 0 atom stereocenters. The van der Waals surface area contributed by atoms with Crippen LogP contribution in [0.5, 0.6) is 11.5 Å². The van der Waals surface area contributed by atoms with Gasteiger partial charge in [0, 0.05) is 17.1 Å². The fraction of sp³-hybridized carbons (Fsp3) is 0.143. The molecule has 0 unspecified atom stereocenters. The number of fused-ring (bicyclic) bond motifs is 4. The molecule has 4 aromatic rings. The molecule has 0 bridgehead atoms. The average molecular weight is 401 g/mol. The van der Waals surface area contributed by atoms with E-state index >= 15 is 0 Å². The predicted octanol–water partition coefficient (Wildman–Crippen LogP) is 5.39. The van der Waals surface area contributed by atoms with Gasteiger partial charge in [-0.2, -0.15) is 0 Å². The van der Waals surface area contributed by atoms with Crippen molar-refractivity contribution in [3.8, 4) is 11.5 Å². The van der Waals surface area contributed by atoms with E-state index in [1.54, 1.807) is 0 Å². The van der Waals surface area contributed by atoms with Gasteiger partial charge >= 0.3 is 0 Å². The lowest BCUT2D eigenvalue weighted by atomic mass is 9.34. The van der Waals surface area contributed by atoms with Crippen molar-refractivity contribution in [1.82, 2.24) is 0 Å². The number of anilines is 3. The smallest absolute Gasteiger partial charge is 0.256 e. The molecule has 0 saturated heterocycles. The molecule has 0 aromatic heterocycles. The molecule has 31 heavy (non-hydrogen) atoms. The number of rotatable bonds is 1. The highest BCUT2D eigenvalue weighted by molar-refractivity contribution is 6.99. The Bertz CT molecular complexity index is 1300. The molecule has 2 nitrogen and oxygen atoms in total. The molecule has 2 heterocycles. The number of hydrogen-bond donors (Lipinski definition) is 0. The minimum absolute atomic E-state index is 0.132. The van der Waals surface area contributed by atoms with Gasteiger partial charge in [-0.15, -0.1) is 0 Å². The second-order valence-corrected chi connectivity index (χ2v) is 9.45. The van der Waals surface area contributed by atoms with E-state index in [1.807, 2.05) is 6.07 Å². The van der Waals surface area contributed by atoms with Crippen LogP contribution in [0.15, 0.2) is 91.0 Å². The highest BCUT2D eigenvalue weighted by Crippen LogP contribution is 2.40. The largest absolute Gasteiger partial charge is 0.458 e.